The van der Waals surface area contributed by atoms with Crippen LogP contribution in [0.5, 0.6) is 0 Å². The summed E-state index contributed by atoms with van der Waals surface area (Å²) in [6.45, 7) is 0.950. The number of hydrogen-bond donors (Lipinski definition) is 1. The van der Waals surface area contributed by atoms with Gasteiger partial charge in [0.05, 0.1) is 6.54 Å². The van der Waals surface area contributed by atoms with Crippen LogP contribution in [0.25, 0.3) is 0 Å². The van der Waals surface area contributed by atoms with Crippen molar-refractivity contribution in [3.8, 4) is 0 Å². The van der Waals surface area contributed by atoms with Crippen molar-refractivity contribution in [2.45, 2.75) is 19.5 Å². The van der Waals surface area contributed by atoms with Gasteiger partial charge in [0.1, 0.15) is 5.82 Å². The second kappa shape index (κ2) is 6.84. The van der Waals surface area contributed by atoms with E-state index >= 15 is 0 Å². The zero-order chi connectivity index (χ0) is 15.3. The summed E-state index contributed by atoms with van der Waals surface area (Å²) in [4.78, 5) is 4.21. The maximum absolute atomic E-state index is 11.7. The van der Waals surface area contributed by atoms with Crippen LogP contribution in [0, 0.1) is 0 Å². The van der Waals surface area contributed by atoms with Gasteiger partial charge in [-0.15, -0.1) is 0 Å². The van der Waals surface area contributed by atoms with Crippen LogP contribution >= 0.6 is 0 Å². The van der Waals surface area contributed by atoms with Crippen molar-refractivity contribution in [2.75, 3.05) is 14.1 Å². The van der Waals surface area contributed by atoms with E-state index < -0.39 is 10.2 Å². The molecule has 2 aromatic rings. The first kappa shape index (κ1) is 15.7. The Morgan fingerprint density at radius 3 is 2.62 bits per heavy atom. The fraction of sp³-hybridized carbons (Fsp3) is 0.357. The van der Waals surface area contributed by atoms with E-state index in [2.05, 4.69) is 21.8 Å². The molecular weight excluding hydrogens is 288 g/mol. The minimum absolute atomic E-state index is 0.183. The van der Waals surface area contributed by atoms with E-state index in [4.69, 9.17) is 0 Å². The summed E-state index contributed by atoms with van der Waals surface area (Å²) in [6, 6.07) is 10.2. The molecule has 1 N–H and O–H groups in total. The number of hydrogen-bond acceptors (Lipinski definition) is 3. The minimum Gasteiger partial charge on any atom is -0.334 e. The predicted octanol–water partition coefficient (Wildman–Crippen LogP) is 1.02. The second-order valence-electron chi connectivity index (χ2n) is 4.88. The molecule has 114 valence electrons. The van der Waals surface area contributed by atoms with Crippen LogP contribution in [0.1, 0.15) is 11.4 Å². The Morgan fingerprint density at radius 1 is 1.24 bits per heavy atom. The monoisotopic (exact) mass is 308 g/mol. The number of rotatable bonds is 7. The van der Waals surface area contributed by atoms with Crippen molar-refractivity contribution in [3.63, 3.8) is 0 Å². The van der Waals surface area contributed by atoms with Gasteiger partial charge in [-0.25, -0.2) is 4.98 Å². The van der Waals surface area contributed by atoms with E-state index in [1.165, 1.54) is 19.7 Å². The predicted molar refractivity (Wildman–Crippen MR) is 81.8 cm³/mol. The standard InChI is InChI=1S/C14H20N4O2S/c1-17(2)21(19,20)16-12-14-15-9-11-18(14)10-8-13-6-4-3-5-7-13/h3-7,9,11,16H,8,10,12H2,1-2H3. The molecule has 0 aliphatic heterocycles. The van der Waals surface area contributed by atoms with Crippen LogP contribution in [-0.4, -0.2) is 36.4 Å². The Morgan fingerprint density at radius 2 is 1.95 bits per heavy atom. The van der Waals surface area contributed by atoms with Crippen molar-refractivity contribution >= 4 is 10.2 Å². The summed E-state index contributed by atoms with van der Waals surface area (Å²) >= 11 is 0. The van der Waals surface area contributed by atoms with Gasteiger partial charge in [-0.3, -0.25) is 0 Å². The number of nitrogens with zero attached hydrogens (tertiary/aromatic N) is 3. The zero-order valence-electron chi connectivity index (χ0n) is 12.2. The molecule has 21 heavy (non-hydrogen) atoms. The molecule has 0 fully saturated rings. The molecular formula is C14H20N4O2S. The highest BCUT2D eigenvalue weighted by Gasteiger charge is 2.14. The molecule has 0 radical (unpaired) electrons. The molecule has 2 rings (SSSR count). The van der Waals surface area contributed by atoms with E-state index in [1.54, 1.807) is 6.20 Å². The van der Waals surface area contributed by atoms with Gasteiger partial charge in [0, 0.05) is 33.0 Å². The molecule has 1 aromatic carbocycles. The van der Waals surface area contributed by atoms with Crippen LogP contribution in [0.2, 0.25) is 0 Å². The van der Waals surface area contributed by atoms with Crippen LogP contribution in [0.3, 0.4) is 0 Å². The first-order valence-electron chi connectivity index (χ1n) is 6.70. The van der Waals surface area contributed by atoms with Crippen molar-refractivity contribution in [2.24, 2.45) is 0 Å². The van der Waals surface area contributed by atoms with E-state index in [9.17, 15) is 8.42 Å². The van der Waals surface area contributed by atoms with Gasteiger partial charge in [-0.2, -0.15) is 17.4 Å². The fourth-order valence-electron chi connectivity index (χ4n) is 1.89. The molecule has 1 heterocycles. The molecule has 0 spiro atoms. The third-order valence-electron chi connectivity index (χ3n) is 3.18. The number of benzene rings is 1. The Labute approximate surface area is 125 Å². The number of nitrogens with one attached hydrogen (secondary N) is 1. The van der Waals surface area contributed by atoms with Gasteiger partial charge in [-0.1, -0.05) is 30.3 Å². The van der Waals surface area contributed by atoms with Gasteiger partial charge in [0.2, 0.25) is 0 Å². The SMILES string of the molecule is CN(C)S(=O)(=O)NCc1nccn1CCc1ccccc1. The maximum atomic E-state index is 11.7. The normalized spacial score (nSPS) is 12.0. The topological polar surface area (TPSA) is 67.2 Å². The Bertz CT molecular complexity index is 665. The highest BCUT2D eigenvalue weighted by Crippen LogP contribution is 2.05. The van der Waals surface area contributed by atoms with E-state index in [0.717, 1.165) is 17.3 Å². The van der Waals surface area contributed by atoms with Gasteiger partial charge in [-0.05, 0) is 12.0 Å². The van der Waals surface area contributed by atoms with Gasteiger partial charge in [0.25, 0.3) is 10.2 Å². The summed E-state index contributed by atoms with van der Waals surface area (Å²) < 4.78 is 29.0. The summed E-state index contributed by atoms with van der Waals surface area (Å²) in [6.07, 6.45) is 4.43. The summed E-state index contributed by atoms with van der Waals surface area (Å²) in [7, 11) is -0.448. The number of imidazole rings is 1. The van der Waals surface area contributed by atoms with Gasteiger partial charge < -0.3 is 4.57 Å². The summed E-state index contributed by atoms with van der Waals surface area (Å²) in [5.74, 6) is 0.705. The van der Waals surface area contributed by atoms with E-state index in [-0.39, 0.29) is 6.54 Å². The first-order valence-corrected chi connectivity index (χ1v) is 8.14. The minimum atomic E-state index is -3.43. The van der Waals surface area contributed by atoms with Crippen LogP contribution in [0.4, 0.5) is 0 Å². The van der Waals surface area contributed by atoms with Crippen LogP contribution in [-0.2, 0) is 29.7 Å². The highest BCUT2D eigenvalue weighted by molar-refractivity contribution is 7.87. The van der Waals surface area contributed by atoms with Crippen LogP contribution < -0.4 is 4.72 Å². The second-order valence-corrected chi connectivity index (χ2v) is 6.85. The Kier molecular flexibility index (Phi) is 5.11. The van der Waals surface area contributed by atoms with Crippen LogP contribution in [0.15, 0.2) is 42.7 Å². The van der Waals surface area contributed by atoms with E-state index in [0.29, 0.717) is 5.82 Å². The van der Waals surface area contributed by atoms with Gasteiger partial charge >= 0.3 is 0 Å². The Hall–Kier alpha value is -1.70. The lowest BCUT2D eigenvalue weighted by Gasteiger charge is -2.13. The molecule has 0 saturated carbocycles. The smallest absolute Gasteiger partial charge is 0.279 e. The molecule has 1 aromatic heterocycles. The molecule has 6 nitrogen and oxygen atoms in total. The lowest BCUT2D eigenvalue weighted by atomic mass is 10.1. The number of aromatic nitrogens is 2. The zero-order valence-corrected chi connectivity index (χ0v) is 13.0. The molecule has 0 unspecified atom stereocenters. The average molecular weight is 308 g/mol. The highest BCUT2D eigenvalue weighted by atomic mass is 32.2. The molecule has 7 heteroatoms. The average Bonchev–Trinajstić information content (AvgIpc) is 2.91. The molecule has 0 aliphatic carbocycles. The summed E-state index contributed by atoms with van der Waals surface area (Å²) in [5, 5.41) is 0. The largest absolute Gasteiger partial charge is 0.334 e. The molecule has 0 atom stereocenters. The fourth-order valence-corrected chi connectivity index (χ4v) is 2.46. The molecule has 0 amide bonds. The first-order chi connectivity index (χ1) is 9.99. The van der Waals surface area contributed by atoms with Gasteiger partial charge in [0.15, 0.2) is 0 Å². The van der Waals surface area contributed by atoms with Crippen molar-refractivity contribution in [3.05, 3.63) is 54.1 Å². The lowest BCUT2D eigenvalue weighted by Crippen LogP contribution is -2.35. The quantitative estimate of drug-likeness (QED) is 0.830. The van der Waals surface area contributed by atoms with E-state index in [1.807, 2.05) is 29.0 Å². The Balaban J connectivity index is 1.96. The molecule has 0 aliphatic rings. The molecule has 0 bridgehead atoms. The number of aryl methyl sites for hydroxylation is 2. The van der Waals surface area contributed by atoms with Crippen molar-refractivity contribution in [1.82, 2.24) is 18.6 Å². The summed E-state index contributed by atoms with van der Waals surface area (Å²) in [5.41, 5.74) is 1.24. The van der Waals surface area contributed by atoms with Crippen molar-refractivity contribution < 1.29 is 8.42 Å². The third kappa shape index (κ3) is 4.38. The third-order valence-corrected chi connectivity index (χ3v) is 4.65. The lowest BCUT2D eigenvalue weighted by molar-refractivity contribution is 0.501. The molecule has 0 saturated heterocycles. The maximum Gasteiger partial charge on any atom is 0.279 e. The van der Waals surface area contributed by atoms with Crippen molar-refractivity contribution in [1.29, 1.82) is 0 Å².